The molecule has 24 heavy (non-hydrogen) atoms. The predicted octanol–water partition coefficient (Wildman–Crippen LogP) is 4.91. The third-order valence-corrected chi connectivity index (χ3v) is 3.93. The maximum absolute atomic E-state index is 13.1. The zero-order valence-electron chi connectivity index (χ0n) is 12.8. The normalized spacial score (nSPS) is 10.6. The zero-order chi connectivity index (χ0) is 16.9. The smallest absolute Gasteiger partial charge is 0.256 e. The van der Waals surface area contributed by atoms with Gasteiger partial charge >= 0.3 is 0 Å². The number of hydrogen-bond acceptors (Lipinski definition) is 2. The van der Waals surface area contributed by atoms with E-state index in [4.69, 9.17) is 16.0 Å². The lowest BCUT2D eigenvalue weighted by Gasteiger charge is -2.22. The Balaban J connectivity index is 1.87. The Kier molecular flexibility index (Phi) is 4.96. The van der Waals surface area contributed by atoms with Crippen molar-refractivity contribution in [1.82, 2.24) is 4.90 Å². The number of benzene rings is 2. The van der Waals surface area contributed by atoms with Gasteiger partial charge in [-0.05, 0) is 42.0 Å². The first-order valence-electron chi connectivity index (χ1n) is 7.44. The Morgan fingerprint density at radius 1 is 1.00 bits per heavy atom. The van der Waals surface area contributed by atoms with E-state index in [1.807, 2.05) is 0 Å². The van der Waals surface area contributed by atoms with Crippen molar-refractivity contribution in [3.8, 4) is 0 Å². The van der Waals surface area contributed by atoms with E-state index in [0.29, 0.717) is 29.4 Å². The second-order valence-electron chi connectivity index (χ2n) is 5.35. The van der Waals surface area contributed by atoms with Crippen molar-refractivity contribution in [3.63, 3.8) is 0 Å². The molecule has 0 saturated heterocycles. The van der Waals surface area contributed by atoms with Gasteiger partial charge in [0, 0.05) is 6.54 Å². The molecule has 122 valence electrons. The molecule has 1 aromatic heterocycles. The fraction of sp³-hybridized carbons (Fsp3) is 0.105. The third kappa shape index (κ3) is 3.84. The summed E-state index contributed by atoms with van der Waals surface area (Å²) in [5, 5.41) is 0.394. The minimum absolute atomic E-state index is 0.207. The van der Waals surface area contributed by atoms with Gasteiger partial charge in [-0.15, -0.1) is 0 Å². The summed E-state index contributed by atoms with van der Waals surface area (Å²) in [5.74, 6) is 0.146. The lowest BCUT2D eigenvalue weighted by Crippen LogP contribution is -2.30. The van der Waals surface area contributed by atoms with E-state index in [1.54, 1.807) is 59.7 Å². The summed E-state index contributed by atoms with van der Waals surface area (Å²) in [7, 11) is 0. The molecule has 2 aromatic carbocycles. The van der Waals surface area contributed by atoms with E-state index >= 15 is 0 Å². The molecule has 1 amide bonds. The number of amides is 1. The topological polar surface area (TPSA) is 33.5 Å². The van der Waals surface area contributed by atoms with E-state index in [-0.39, 0.29) is 11.7 Å². The molecule has 0 saturated carbocycles. The van der Waals surface area contributed by atoms with Gasteiger partial charge in [-0.1, -0.05) is 35.9 Å². The van der Waals surface area contributed by atoms with Crippen LogP contribution in [0.4, 0.5) is 4.39 Å². The van der Waals surface area contributed by atoms with Crippen molar-refractivity contribution in [2.24, 2.45) is 0 Å². The van der Waals surface area contributed by atoms with Crippen LogP contribution >= 0.6 is 11.6 Å². The summed E-state index contributed by atoms with van der Waals surface area (Å²) >= 11 is 6.15. The van der Waals surface area contributed by atoms with Crippen molar-refractivity contribution in [3.05, 3.63) is 94.7 Å². The third-order valence-electron chi connectivity index (χ3n) is 3.60. The molecule has 0 N–H and O–H groups in total. The number of rotatable bonds is 5. The molecule has 0 atom stereocenters. The second-order valence-corrected chi connectivity index (χ2v) is 5.75. The van der Waals surface area contributed by atoms with Gasteiger partial charge in [-0.2, -0.15) is 0 Å². The van der Waals surface area contributed by atoms with E-state index in [0.717, 1.165) is 5.56 Å². The van der Waals surface area contributed by atoms with Crippen LogP contribution in [0.3, 0.4) is 0 Å². The number of carbonyl (C=O) groups excluding carboxylic acids is 1. The summed E-state index contributed by atoms with van der Waals surface area (Å²) < 4.78 is 18.4. The number of carbonyl (C=O) groups is 1. The van der Waals surface area contributed by atoms with Gasteiger partial charge in [-0.3, -0.25) is 4.79 Å². The number of furan rings is 1. The van der Waals surface area contributed by atoms with Crippen molar-refractivity contribution >= 4 is 17.5 Å². The quantitative estimate of drug-likeness (QED) is 0.659. The van der Waals surface area contributed by atoms with Crippen LogP contribution in [0.5, 0.6) is 0 Å². The molecule has 0 aliphatic heterocycles. The fourth-order valence-electron chi connectivity index (χ4n) is 2.41. The monoisotopic (exact) mass is 343 g/mol. The highest BCUT2D eigenvalue weighted by Gasteiger charge is 2.20. The van der Waals surface area contributed by atoms with Crippen LogP contribution in [0.25, 0.3) is 0 Å². The highest BCUT2D eigenvalue weighted by Crippen LogP contribution is 2.20. The van der Waals surface area contributed by atoms with Crippen LogP contribution < -0.4 is 0 Å². The van der Waals surface area contributed by atoms with Crippen molar-refractivity contribution < 1.29 is 13.6 Å². The Hall–Kier alpha value is -2.59. The van der Waals surface area contributed by atoms with Gasteiger partial charge in [0.25, 0.3) is 5.91 Å². The van der Waals surface area contributed by atoms with E-state index in [1.165, 1.54) is 12.1 Å². The first-order chi connectivity index (χ1) is 11.6. The molecule has 0 fully saturated rings. The van der Waals surface area contributed by atoms with Gasteiger partial charge in [0.15, 0.2) is 0 Å². The molecule has 1 heterocycles. The van der Waals surface area contributed by atoms with Gasteiger partial charge < -0.3 is 9.32 Å². The highest BCUT2D eigenvalue weighted by molar-refractivity contribution is 6.33. The van der Waals surface area contributed by atoms with Crippen LogP contribution in [-0.4, -0.2) is 10.8 Å². The molecule has 0 aliphatic rings. The minimum Gasteiger partial charge on any atom is -0.467 e. The SMILES string of the molecule is O=C(c1ccccc1Cl)N(Cc1ccc(F)cc1)Cc1ccco1. The van der Waals surface area contributed by atoms with E-state index in [9.17, 15) is 9.18 Å². The first kappa shape index (κ1) is 16.3. The van der Waals surface area contributed by atoms with Gasteiger partial charge in [0.2, 0.25) is 0 Å². The standard InChI is InChI=1S/C19H15ClFNO2/c20-18-6-2-1-5-17(18)19(23)22(13-16-4-3-11-24-16)12-14-7-9-15(21)10-8-14/h1-11H,12-13H2. The first-order valence-corrected chi connectivity index (χ1v) is 7.82. The molecule has 0 bridgehead atoms. The fourth-order valence-corrected chi connectivity index (χ4v) is 2.62. The van der Waals surface area contributed by atoms with Crippen molar-refractivity contribution in [1.29, 1.82) is 0 Å². The van der Waals surface area contributed by atoms with Crippen LogP contribution in [0.2, 0.25) is 5.02 Å². The summed E-state index contributed by atoms with van der Waals surface area (Å²) in [4.78, 5) is 14.5. The molecule has 0 unspecified atom stereocenters. The van der Waals surface area contributed by atoms with Crippen LogP contribution in [-0.2, 0) is 13.1 Å². The Morgan fingerprint density at radius 3 is 2.42 bits per heavy atom. The molecule has 0 spiro atoms. The number of halogens is 2. The maximum Gasteiger partial charge on any atom is 0.256 e. The second kappa shape index (κ2) is 7.32. The molecular weight excluding hydrogens is 329 g/mol. The lowest BCUT2D eigenvalue weighted by atomic mass is 10.1. The Labute approximate surface area is 144 Å². The Morgan fingerprint density at radius 2 is 1.75 bits per heavy atom. The highest BCUT2D eigenvalue weighted by atomic mass is 35.5. The van der Waals surface area contributed by atoms with Gasteiger partial charge in [0.1, 0.15) is 11.6 Å². The predicted molar refractivity (Wildman–Crippen MR) is 90.1 cm³/mol. The van der Waals surface area contributed by atoms with Crippen molar-refractivity contribution in [2.75, 3.05) is 0 Å². The molecule has 3 aromatic rings. The average Bonchev–Trinajstić information content (AvgIpc) is 3.09. The largest absolute Gasteiger partial charge is 0.467 e. The van der Waals surface area contributed by atoms with E-state index < -0.39 is 0 Å². The van der Waals surface area contributed by atoms with Crippen molar-refractivity contribution in [2.45, 2.75) is 13.1 Å². The summed E-state index contributed by atoms with van der Waals surface area (Å²) in [5.41, 5.74) is 1.25. The molecule has 3 nitrogen and oxygen atoms in total. The molecule has 0 radical (unpaired) electrons. The van der Waals surface area contributed by atoms with Crippen LogP contribution in [0.15, 0.2) is 71.3 Å². The summed E-state index contributed by atoms with van der Waals surface area (Å²) in [6.07, 6.45) is 1.56. The molecule has 3 rings (SSSR count). The average molecular weight is 344 g/mol. The lowest BCUT2D eigenvalue weighted by molar-refractivity contribution is 0.0718. The Bertz CT molecular complexity index is 816. The summed E-state index contributed by atoms with van der Waals surface area (Å²) in [6, 6.07) is 16.5. The number of nitrogens with zero attached hydrogens (tertiary/aromatic N) is 1. The van der Waals surface area contributed by atoms with Gasteiger partial charge in [0.05, 0.1) is 23.4 Å². The maximum atomic E-state index is 13.1. The molecule has 0 aliphatic carbocycles. The molecular formula is C19H15ClFNO2. The van der Waals surface area contributed by atoms with Crippen LogP contribution in [0, 0.1) is 5.82 Å². The minimum atomic E-state index is -0.311. The van der Waals surface area contributed by atoms with Crippen LogP contribution in [0.1, 0.15) is 21.7 Å². The number of hydrogen-bond donors (Lipinski definition) is 0. The molecule has 5 heteroatoms. The van der Waals surface area contributed by atoms with E-state index in [2.05, 4.69) is 0 Å². The van der Waals surface area contributed by atoms with Gasteiger partial charge in [-0.25, -0.2) is 4.39 Å². The zero-order valence-corrected chi connectivity index (χ0v) is 13.5. The summed E-state index contributed by atoms with van der Waals surface area (Å²) in [6.45, 7) is 0.624.